The van der Waals surface area contributed by atoms with Crippen LogP contribution in [0.15, 0.2) is 22.6 Å². The summed E-state index contributed by atoms with van der Waals surface area (Å²) in [4.78, 5) is 15.2. The molecule has 20 heavy (non-hydrogen) atoms. The molecule has 5 heteroatoms. The average Bonchev–Trinajstić information content (AvgIpc) is 2.80. The zero-order valence-corrected chi connectivity index (χ0v) is 11.9. The van der Waals surface area contributed by atoms with E-state index in [-0.39, 0.29) is 11.7 Å². The molecule has 1 aromatic carbocycles. The minimum Gasteiger partial charge on any atom is -0.496 e. The van der Waals surface area contributed by atoms with E-state index in [2.05, 4.69) is 18.8 Å². The largest absolute Gasteiger partial charge is 0.496 e. The number of methoxy groups -OCH3 is 1. The van der Waals surface area contributed by atoms with E-state index in [1.165, 1.54) is 0 Å². The first-order valence-corrected chi connectivity index (χ1v) is 6.33. The standard InChI is InChI=1S/C15H17NO4/c1-8(2)10-5-6-12(19-4)11(7-10)14-16-9(3)13(20-14)15(17)18/h5-8H,1-4H3,(H,17,18). The fraction of sp³-hybridized carbons (Fsp3) is 0.333. The quantitative estimate of drug-likeness (QED) is 0.924. The second kappa shape index (κ2) is 5.36. The Balaban J connectivity index is 2.58. The van der Waals surface area contributed by atoms with Crippen molar-refractivity contribution in [1.82, 2.24) is 4.98 Å². The number of ether oxygens (including phenoxy) is 1. The second-order valence-electron chi connectivity index (χ2n) is 4.85. The predicted octanol–water partition coefficient (Wildman–Crippen LogP) is 3.48. The van der Waals surface area contributed by atoms with Crippen LogP contribution in [0.1, 0.15) is 41.6 Å². The first-order chi connectivity index (χ1) is 9.43. The van der Waals surface area contributed by atoms with Gasteiger partial charge in [-0.3, -0.25) is 0 Å². The summed E-state index contributed by atoms with van der Waals surface area (Å²) in [5, 5.41) is 9.03. The number of nitrogens with zero attached hydrogens (tertiary/aromatic N) is 1. The SMILES string of the molecule is COc1ccc(C(C)C)cc1-c1nc(C)c(C(=O)O)o1. The number of oxazole rings is 1. The van der Waals surface area contributed by atoms with Crippen molar-refractivity contribution in [1.29, 1.82) is 0 Å². The Morgan fingerprint density at radius 2 is 2.10 bits per heavy atom. The molecule has 0 atom stereocenters. The van der Waals surface area contributed by atoms with Crippen LogP contribution in [-0.4, -0.2) is 23.2 Å². The molecule has 0 aliphatic carbocycles. The van der Waals surface area contributed by atoms with Gasteiger partial charge in [-0.05, 0) is 30.5 Å². The smallest absolute Gasteiger partial charge is 0.373 e. The Labute approximate surface area is 117 Å². The average molecular weight is 275 g/mol. The molecule has 0 spiro atoms. The van der Waals surface area contributed by atoms with Crippen LogP contribution in [0.25, 0.3) is 11.5 Å². The van der Waals surface area contributed by atoms with Gasteiger partial charge < -0.3 is 14.3 Å². The van der Waals surface area contributed by atoms with Crippen molar-refractivity contribution >= 4 is 5.97 Å². The van der Waals surface area contributed by atoms with Gasteiger partial charge in [-0.15, -0.1) is 0 Å². The maximum Gasteiger partial charge on any atom is 0.373 e. The van der Waals surface area contributed by atoms with Gasteiger partial charge in [-0.2, -0.15) is 0 Å². The number of carboxylic acids is 1. The molecular formula is C15H17NO4. The molecule has 1 heterocycles. The van der Waals surface area contributed by atoms with Gasteiger partial charge in [0.05, 0.1) is 18.4 Å². The van der Waals surface area contributed by atoms with Gasteiger partial charge in [0.15, 0.2) is 0 Å². The molecule has 0 aliphatic heterocycles. The number of aromatic carboxylic acids is 1. The fourth-order valence-corrected chi connectivity index (χ4v) is 1.96. The fourth-order valence-electron chi connectivity index (χ4n) is 1.96. The number of rotatable bonds is 4. The highest BCUT2D eigenvalue weighted by molar-refractivity contribution is 5.86. The highest BCUT2D eigenvalue weighted by atomic mass is 16.5. The molecule has 1 aromatic heterocycles. The third-order valence-electron chi connectivity index (χ3n) is 3.11. The van der Waals surface area contributed by atoms with E-state index < -0.39 is 5.97 Å². The summed E-state index contributed by atoms with van der Waals surface area (Å²) in [6.45, 7) is 5.76. The summed E-state index contributed by atoms with van der Waals surface area (Å²) in [7, 11) is 1.56. The summed E-state index contributed by atoms with van der Waals surface area (Å²) < 4.78 is 10.6. The molecule has 2 rings (SSSR count). The van der Waals surface area contributed by atoms with Crippen LogP contribution in [0.2, 0.25) is 0 Å². The zero-order chi connectivity index (χ0) is 14.9. The van der Waals surface area contributed by atoms with Crippen molar-refractivity contribution in [3.8, 4) is 17.2 Å². The first-order valence-electron chi connectivity index (χ1n) is 6.33. The highest BCUT2D eigenvalue weighted by Crippen LogP contribution is 2.33. The molecule has 0 bridgehead atoms. The summed E-state index contributed by atoms with van der Waals surface area (Å²) in [6, 6.07) is 5.73. The molecule has 0 unspecified atom stereocenters. The van der Waals surface area contributed by atoms with Crippen molar-refractivity contribution in [3.63, 3.8) is 0 Å². The normalized spacial score (nSPS) is 10.8. The van der Waals surface area contributed by atoms with Crippen LogP contribution in [0, 0.1) is 6.92 Å². The zero-order valence-electron chi connectivity index (χ0n) is 11.9. The van der Waals surface area contributed by atoms with Crippen molar-refractivity contribution in [3.05, 3.63) is 35.2 Å². The van der Waals surface area contributed by atoms with Crippen molar-refractivity contribution in [2.45, 2.75) is 26.7 Å². The maximum atomic E-state index is 11.0. The number of carbonyl (C=O) groups is 1. The van der Waals surface area contributed by atoms with Crippen LogP contribution in [0.4, 0.5) is 0 Å². The Kier molecular flexibility index (Phi) is 3.79. The lowest BCUT2D eigenvalue weighted by atomic mass is 10.0. The molecule has 0 saturated heterocycles. The topological polar surface area (TPSA) is 72.6 Å². The minimum atomic E-state index is -1.12. The summed E-state index contributed by atoms with van der Waals surface area (Å²) in [5.74, 6) is -0.0567. The van der Waals surface area contributed by atoms with Gasteiger partial charge in [0, 0.05) is 0 Å². The number of aromatic nitrogens is 1. The molecule has 0 aliphatic rings. The number of carboxylic acid groups (broad SMARTS) is 1. The molecular weight excluding hydrogens is 258 g/mol. The molecule has 0 saturated carbocycles. The van der Waals surface area contributed by atoms with E-state index in [4.69, 9.17) is 14.3 Å². The first kappa shape index (κ1) is 14.1. The molecule has 0 fully saturated rings. The Morgan fingerprint density at radius 3 is 2.60 bits per heavy atom. The monoisotopic (exact) mass is 275 g/mol. The highest BCUT2D eigenvalue weighted by Gasteiger charge is 2.20. The number of benzene rings is 1. The lowest BCUT2D eigenvalue weighted by Gasteiger charge is -2.10. The van der Waals surface area contributed by atoms with E-state index in [9.17, 15) is 4.79 Å². The van der Waals surface area contributed by atoms with Gasteiger partial charge in [0.25, 0.3) is 0 Å². The van der Waals surface area contributed by atoms with Gasteiger partial charge in [0.2, 0.25) is 11.7 Å². The molecule has 1 N–H and O–H groups in total. The van der Waals surface area contributed by atoms with Gasteiger partial charge >= 0.3 is 5.97 Å². The number of hydrogen-bond acceptors (Lipinski definition) is 4. The van der Waals surface area contributed by atoms with E-state index in [0.29, 0.717) is 22.9 Å². The Morgan fingerprint density at radius 1 is 1.40 bits per heavy atom. The van der Waals surface area contributed by atoms with E-state index in [1.807, 2.05) is 18.2 Å². The third kappa shape index (κ3) is 2.52. The predicted molar refractivity (Wildman–Crippen MR) is 74.3 cm³/mol. The van der Waals surface area contributed by atoms with Crippen LogP contribution in [0.5, 0.6) is 5.75 Å². The van der Waals surface area contributed by atoms with E-state index in [0.717, 1.165) is 5.56 Å². The van der Waals surface area contributed by atoms with Gasteiger partial charge in [0.1, 0.15) is 5.75 Å². The van der Waals surface area contributed by atoms with Crippen LogP contribution in [-0.2, 0) is 0 Å². The molecule has 2 aromatic rings. The van der Waals surface area contributed by atoms with Crippen molar-refractivity contribution < 1.29 is 19.1 Å². The van der Waals surface area contributed by atoms with E-state index in [1.54, 1.807) is 14.0 Å². The summed E-state index contributed by atoms with van der Waals surface area (Å²) in [5.41, 5.74) is 2.12. The third-order valence-corrected chi connectivity index (χ3v) is 3.11. The maximum absolute atomic E-state index is 11.0. The minimum absolute atomic E-state index is 0.142. The second-order valence-corrected chi connectivity index (χ2v) is 4.85. The summed E-state index contributed by atoms with van der Waals surface area (Å²) >= 11 is 0. The molecule has 5 nitrogen and oxygen atoms in total. The van der Waals surface area contributed by atoms with Gasteiger partial charge in [-0.1, -0.05) is 19.9 Å². The Hall–Kier alpha value is -2.30. The molecule has 0 amide bonds. The number of hydrogen-bond donors (Lipinski definition) is 1. The Bertz CT molecular complexity index is 643. The number of aryl methyl sites for hydroxylation is 1. The van der Waals surface area contributed by atoms with Crippen LogP contribution in [0.3, 0.4) is 0 Å². The van der Waals surface area contributed by atoms with Crippen LogP contribution < -0.4 is 4.74 Å². The van der Waals surface area contributed by atoms with Crippen molar-refractivity contribution in [2.75, 3.05) is 7.11 Å². The van der Waals surface area contributed by atoms with Crippen LogP contribution >= 0.6 is 0 Å². The lowest BCUT2D eigenvalue weighted by Crippen LogP contribution is -1.95. The molecule has 0 radical (unpaired) electrons. The van der Waals surface area contributed by atoms with Gasteiger partial charge in [-0.25, -0.2) is 9.78 Å². The van der Waals surface area contributed by atoms with E-state index >= 15 is 0 Å². The lowest BCUT2D eigenvalue weighted by molar-refractivity contribution is 0.0662. The van der Waals surface area contributed by atoms with Crippen molar-refractivity contribution in [2.24, 2.45) is 0 Å². The molecule has 106 valence electrons. The summed E-state index contributed by atoms with van der Waals surface area (Å²) in [6.07, 6.45) is 0.